The fraction of sp³-hybridized carbons (Fsp3) is 0.778. The molecule has 272 valence electrons. The van der Waals surface area contributed by atoms with Crippen LogP contribution in [-0.4, -0.2) is 123 Å². The molecule has 0 fully saturated rings. The molecule has 47 heavy (non-hydrogen) atoms. The van der Waals surface area contributed by atoms with Crippen molar-refractivity contribution in [2.45, 2.75) is 129 Å². The van der Waals surface area contributed by atoms with Crippen LogP contribution in [0.25, 0.3) is 0 Å². The first-order valence-corrected chi connectivity index (χ1v) is 17.1. The molecule has 1 heterocycles. The van der Waals surface area contributed by atoms with Crippen molar-refractivity contribution in [2.24, 2.45) is 17.8 Å². The number of esters is 1. The van der Waals surface area contributed by atoms with E-state index in [1.54, 1.807) is 56.1 Å². The molecule has 11 heteroatoms. The largest absolute Gasteiger partial charge is 0.457 e. The maximum Gasteiger partial charge on any atom is 0.410 e. The molecule has 0 aliphatic carbocycles. The highest BCUT2D eigenvalue weighted by molar-refractivity contribution is 5.70. The van der Waals surface area contributed by atoms with Gasteiger partial charge in [0.2, 0.25) is 0 Å². The van der Waals surface area contributed by atoms with Gasteiger partial charge in [-0.25, -0.2) is 4.79 Å². The Labute approximate surface area is 282 Å². The topological polar surface area (TPSA) is 160 Å². The highest BCUT2D eigenvalue weighted by Gasteiger charge is 2.36. The van der Waals surface area contributed by atoms with Crippen LogP contribution in [0.3, 0.4) is 0 Å². The summed E-state index contributed by atoms with van der Waals surface area (Å²) in [5, 5.41) is 53.9. The van der Waals surface area contributed by atoms with Crippen molar-refractivity contribution in [1.29, 1.82) is 0 Å². The quantitative estimate of drug-likeness (QED) is 0.105. The smallest absolute Gasteiger partial charge is 0.410 e. The summed E-state index contributed by atoms with van der Waals surface area (Å²) in [6.07, 6.45) is 4.08. The van der Waals surface area contributed by atoms with Crippen molar-refractivity contribution in [3.05, 3.63) is 36.0 Å². The van der Waals surface area contributed by atoms with Crippen molar-refractivity contribution < 1.29 is 44.6 Å². The SMILES string of the molecule is CCC(O)C(C)C(C)C(O)CC(C)(O)C=CC=C(C)C1OC(=O)CC(O)CCC(C)(O)C(OC(=O)N(CC)CCN(C)C)C=CC1C. The summed E-state index contributed by atoms with van der Waals surface area (Å²) in [4.78, 5) is 29.5. The van der Waals surface area contributed by atoms with E-state index >= 15 is 0 Å². The molecule has 0 radical (unpaired) electrons. The molecule has 5 N–H and O–H groups in total. The van der Waals surface area contributed by atoms with Gasteiger partial charge in [0.1, 0.15) is 11.7 Å². The van der Waals surface area contributed by atoms with Crippen LogP contribution in [0.4, 0.5) is 4.79 Å². The van der Waals surface area contributed by atoms with Gasteiger partial charge in [0.25, 0.3) is 0 Å². The molecule has 0 aromatic rings. The van der Waals surface area contributed by atoms with Gasteiger partial charge in [-0.3, -0.25) is 4.79 Å². The minimum Gasteiger partial charge on any atom is -0.457 e. The second kappa shape index (κ2) is 19.7. The lowest BCUT2D eigenvalue weighted by Gasteiger charge is -2.34. The molecule has 10 unspecified atom stereocenters. The highest BCUT2D eigenvalue weighted by Crippen LogP contribution is 2.29. The molecular formula is C36H64N2O9. The zero-order valence-corrected chi connectivity index (χ0v) is 30.4. The fourth-order valence-corrected chi connectivity index (χ4v) is 5.59. The highest BCUT2D eigenvalue weighted by atomic mass is 16.6. The Hall–Kier alpha value is -2.28. The lowest BCUT2D eigenvalue weighted by atomic mass is 9.81. The lowest BCUT2D eigenvalue weighted by Crippen LogP contribution is -2.46. The van der Waals surface area contributed by atoms with Gasteiger partial charge in [0, 0.05) is 32.0 Å². The van der Waals surface area contributed by atoms with E-state index in [0.29, 0.717) is 31.6 Å². The number of aliphatic hydroxyl groups excluding tert-OH is 3. The first-order valence-electron chi connectivity index (χ1n) is 17.1. The molecule has 1 aliphatic heterocycles. The molecule has 0 bridgehead atoms. The zero-order chi connectivity index (χ0) is 36.1. The maximum atomic E-state index is 13.1. The summed E-state index contributed by atoms with van der Waals surface area (Å²) in [7, 11) is 3.83. The molecule has 11 nitrogen and oxygen atoms in total. The number of amides is 1. The zero-order valence-electron chi connectivity index (χ0n) is 30.4. The van der Waals surface area contributed by atoms with Crippen LogP contribution >= 0.6 is 0 Å². The van der Waals surface area contributed by atoms with Gasteiger partial charge in [-0.2, -0.15) is 0 Å². The monoisotopic (exact) mass is 668 g/mol. The molecule has 1 amide bonds. The van der Waals surface area contributed by atoms with Gasteiger partial charge in [0.15, 0.2) is 6.10 Å². The molecule has 0 saturated heterocycles. The number of rotatable bonds is 14. The Morgan fingerprint density at radius 2 is 1.79 bits per heavy atom. The number of hydrogen-bond acceptors (Lipinski definition) is 10. The average Bonchev–Trinajstić information content (AvgIpc) is 2.98. The molecule has 0 spiro atoms. The Morgan fingerprint density at radius 1 is 1.17 bits per heavy atom. The van der Waals surface area contributed by atoms with Gasteiger partial charge in [-0.1, -0.05) is 52.0 Å². The van der Waals surface area contributed by atoms with Crippen LogP contribution in [-0.2, 0) is 14.3 Å². The molecule has 10 atom stereocenters. The number of aliphatic hydroxyl groups is 5. The van der Waals surface area contributed by atoms with E-state index in [1.165, 1.54) is 0 Å². The first kappa shape index (κ1) is 42.7. The van der Waals surface area contributed by atoms with Gasteiger partial charge in [-0.15, -0.1) is 0 Å². The minimum absolute atomic E-state index is 0.0679. The van der Waals surface area contributed by atoms with Crippen molar-refractivity contribution in [2.75, 3.05) is 33.7 Å². The average molecular weight is 669 g/mol. The third kappa shape index (κ3) is 14.8. The Kier molecular flexibility index (Phi) is 17.9. The van der Waals surface area contributed by atoms with E-state index in [9.17, 15) is 35.1 Å². The van der Waals surface area contributed by atoms with Crippen molar-refractivity contribution in [3.8, 4) is 0 Å². The van der Waals surface area contributed by atoms with Crippen molar-refractivity contribution >= 4 is 12.1 Å². The number of ether oxygens (including phenoxy) is 2. The van der Waals surface area contributed by atoms with Gasteiger partial charge >= 0.3 is 12.1 Å². The fourth-order valence-electron chi connectivity index (χ4n) is 5.59. The first-order chi connectivity index (χ1) is 21.7. The van der Waals surface area contributed by atoms with Crippen LogP contribution in [0.1, 0.15) is 87.5 Å². The van der Waals surface area contributed by atoms with Gasteiger partial charge in [0.05, 0.1) is 30.3 Å². The van der Waals surface area contributed by atoms with E-state index in [0.717, 1.165) is 0 Å². The Bertz CT molecular complexity index is 1060. The summed E-state index contributed by atoms with van der Waals surface area (Å²) in [5.41, 5.74) is -2.20. The second-order valence-electron chi connectivity index (χ2n) is 14.2. The minimum atomic E-state index is -1.51. The molecule has 0 aromatic carbocycles. The summed E-state index contributed by atoms with van der Waals surface area (Å²) in [6, 6.07) is 0. The van der Waals surface area contributed by atoms with Crippen LogP contribution in [0.2, 0.25) is 0 Å². The van der Waals surface area contributed by atoms with E-state index in [1.807, 2.05) is 53.6 Å². The molecule has 1 rings (SSSR count). The molecule has 1 aliphatic rings. The number of carbonyl (C=O) groups excluding carboxylic acids is 2. The van der Waals surface area contributed by atoms with E-state index in [4.69, 9.17) is 9.47 Å². The summed E-state index contributed by atoms with van der Waals surface area (Å²) >= 11 is 0. The number of nitrogens with zero attached hydrogens (tertiary/aromatic N) is 2. The predicted octanol–water partition coefficient (Wildman–Crippen LogP) is 3.82. The molecular weight excluding hydrogens is 604 g/mol. The summed E-state index contributed by atoms with van der Waals surface area (Å²) in [6.45, 7) is 15.8. The Balaban J connectivity index is 3.26. The van der Waals surface area contributed by atoms with E-state index in [-0.39, 0.29) is 37.5 Å². The maximum absolute atomic E-state index is 13.1. The standard InChI is InChI=1S/C36H64N2O9/c1-11-29(40)26(5)27(6)30(41)23-35(7,44)18-13-14-24(3)33-25(4)15-16-31(46-34(43)38(12-2)21-20-37(9)10)36(8,45)19-17-28(39)22-32(42)47-33/h13-16,18,25-31,33,39-41,44-45H,11-12,17,19-23H2,1-10H3. The second-order valence-corrected chi connectivity index (χ2v) is 14.2. The van der Waals surface area contributed by atoms with Crippen LogP contribution in [0, 0.1) is 17.8 Å². The Morgan fingerprint density at radius 3 is 2.36 bits per heavy atom. The number of hydrogen-bond donors (Lipinski definition) is 5. The van der Waals surface area contributed by atoms with Crippen molar-refractivity contribution in [3.63, 3.8) is 0 Å². The lowest BCUT2D eigenvalue weighted by molar-refractivity contribution is -0.151. The number of cyclic esters (lactones) is 1. The number of carbonyl (C=O) groups is 2. The molecule has 0 saturated carbocycles. The third-order valence-corrected chi connectivity index (χ3v) is 9.36. The predicted molar refractivity (Wildman–Crippen MR) is 184 cm³/mol. The van der Waals surface area contributed by atoms with Gasteiger partial charge < -0.3 is 44.8 Å². The molecule has 0 aromatic heterocycles. The summed E-state index contributed by atoms with van der Waals surface area (Å²) in [5.74, 6) is -1.37. The third-order valence-electron chi connectivity index (χ3n) is 9.36. The van der Waals surface area contributed by atoms with Crippen LogP contribution in [0.15, 0.2) is 36.0 Å². The number of allylic oxidation sites excluding steroid dienone is 2. The van der Waals surface area contributed by atoms with Crippen molar-refractivity contribution in [1.82, 2.24) is 9.80 Å². The van der Waals surface area contributed by atoms with E-state index in [2.05, 4.69) is 0 Å². The number of likely N-dealkylation sites (N-methyl/N-ethyl adjacent to an activating group) is 2. The van der Waals surface area contributed by atoms with Crippen LogP contribution in [0.5, 0.6) is 0 Å². The summed E-state index contributed by atoms with van der Waals surface area (Å²) < 4.78 is 11.7. The van der Waals surface area contributed by atoms with E-state index < -0.39 is 59.7 Å². The van der Waals surface area contributed by atoms with Gasteiger partial charge in [-0.05, 0) is 84.5 Å². The van der Waals surface area contributed by atoms with Crippen LogP contribution < -0.4 is 0 Å². The normalized spacial score (nSPS) is 28.9.